The summed E-state index contributed by atoms with van der Waals surface area (Å²) < 4.78 is 35.1. The summed E-state index contributed by atoms with van der Waals surface area (Å²) in [5.74, 6) is 0.414. The van der Waals surface area contributed by atoms with Gasteiger partial charge in [0, 0.05) is 48.5 Å². The van der Waals surface area contributed by atoms with E-state index in [4.69, 9.17) is 31.2 Å². The molecule has 10 nitrogen and oxygen atoms in total. The third kappa shape index (κ3) is 5.72. The molecule has 2 aliphatic rings. The zero-order valence-corrected chi connectivity index (χ0v) is 24.4. The van der Waals surface area contributed by atoms with Crippen LogP contribution < -0.4 is 15.8 Å². The second-order valence-electron chi connectivity index (χ2n) is 11.1. The van der Waals surface area contributed by atoms with Crippen molar-refractivity contribution >= 4 is 51.3 Å². The molecule has 1 saturated carbocycles. The molecule has 0 bridgehead atoms. The van der Waals surface area contributed by atoms with Gasteiger partial charge in [-0.25, -0.2) is 14.4 Å². The number of halogens is 2. The van der Waals surface area contributed by atoms with Crippen molar-refractivity contribution in [2.75, 3.05) is 50.5 Å². The fraction of sp³-hybridized carbons (Fsp3) is 0.387. The molecule has 12 heteroatoms. The maximum atomic E-state index is 15.5. The van der Waals surface area contributed by atoms with Crippen LogP contribution in [-0.4, -0.2) is 63.9 Å². The fourth-order valence-electron chi connectivity index (χ4n) is 6.11. The van der Waals surface area contributed by atoms with Gasteiger partial charge < -0.3 is 29.5 Å². The zero-order valence-electron chi connectivity index (χ0n) is 23.7. The van der Waals surface area contributed by atoms with E-state index in [1.165, 1.54) is 25.2 Å². The maximum Gasteiger partial charge on any atom is 0.300 e. The molecular weight excluding hydrogens is 573 g/mol. The normalized spacial score (nSPS) is 16.4. The van der Waals surface area contributed by atoms with Crippen molar-refractivity contribution in [2.24, 2.45) is 0 Å². The van der Waals surface area contributed by atoms with E-state index in [-0.39, 0.29) is 11.7 Å². The minimum Gasteiger partial charge on any atom is -0.489 e. The topological polar surface area (TPSA) is 116 Å². The standard InChI is InChI=1S/C31H33ClFN7O3/c32-20-15-25-28(26(16-20)42-11-3-8-39-9-12-41-13-10-39)43-31(38-25)37-24-7-6-19(14-23(24)33)22-17-40(21-4-1-2-5-21)30-27(22)29(34)35-18-36-30/h6-7,14-18,21H,1-5,8-13H2,(H,37,38)(H2,34,35,36). The van der Waals surface area contributed by atoms with Crippen LogP contribution in [0.1, 0.15) is 38.1 Å². The first-order valence-corrected chi connectivity index (χ1v) is 15.1. The summed E-state index contributed by atoms with van der Waals surface area (Å²) in [6.45, 7) is 4.82. The molecule has 2 aromatic carbocycles. The predicted octanol–water partition coefficient (Wildman–Crippen LogP) is 6.57. The van der Waals surface area contributed by atoms with Gasteiger partial charge in [0.25, 0.3) is 6.01 Å². The number of nitrogen functional groups attached to an aromatic ring is 1. The van der Waals surface area contributed by atoms with Gasteiger partial charge in [-0.05, 0) is 43.0 Å². The number of nitrogens with zero attached hydrogens (tertiary/aromatic N) is 5. The highest BCUT2D eigenvalue weighted by Crippen LogP contribution is 2.40. The molecule has 43 heavy (non-hydrogen) atoms. The van der Waals surface area contributed by atoms with Gasteiger partial charge >= 0.3 is 0 Å². The number of nitrogens with two attached hydrogens (primary N) is 1. The highest BCUT2D eigenvalue weighted by Gasteiger charge is 2.23. The summed E-state index contributed by atoms with van der Waals surface area (Å²) >= 11 is 6.34. The van der Waals surface area contributed by atoms with Gasteiger partial charge in [0.1, 0.15) is 29.1 Å². The average molecular weight is 606 g/mol. The molecule has 224 valence electrons. The lowest BCUT2D eigenvalue weighted by atomic mass is 10.1. The molecule has 1 aliphatic carbocycles. The second-order valence-corrected chi connectivity index (χ2v) is 11.5. The monoisotopic (exact) mass is 605 g/mol. The van der Waals surface area contributed by atoms with Crippen LogP contribution in [0.4, 0.5) is 21.9 Å². The minimum atomic E-state index is -0.463. The molecule has 0 amide bonds. The number of morpholine rings is 1. The van der Waals surface area contributed by atoms with Crippen LogP contribution in [0, 0.1) is 5.82 Å². The number of hydrogen-bond acceptors (Lipinski definition) is 9. The summed E-state index contributed by atoms with van der Waals surface area (Å²) in [6, 6.07) is 8.87. The highest BCUT2D eigenvalue weighted by molar-refractivity contribution is 6.31. The number of fused-ring (bicyclic) bond motifs is 2. The highest BCUT2D eigenvalue weighted by atomic mass is 35.5. The van der Waals surface area contributed by atoms with Crippen LogP contribution in [0.25, 0.3) is 33.3 Å². The maximum absolute atomic E-state index is 15.5. The Morgan fingerprint density at radius 3 is 2.77 bits per heavy atom. The Morgan fingerprint density at radius 2 is 1.95 bits per heavy atom. The Balaban J connectivity index is 1.10. The lowest BCUT2D eigenvalue weighted by Crippen LogP contribution is -2.37. The molecule has 1 saturated heterocycles. The van der Waals surface area contributed by atoms with Gasteiger partial charge in [-0.3, -0.25) is 4.90 Å². The third-order valence-electron chi connectivity index (χ3n) is 8.28. The first-order chi connectivity index (χ1) is 21.0. The summed E-state index contributed by atoms with van der Waals surface area (Å²) in [6.07, 6.45) is 8.89. The number of aromatic nitrogens is 4. The summed E-state index contributed by atoms with van der Waals surface area (Å²) in [5, 5.41) is 4.19. The first-order valence-electron chi connectivity index (χ1n) is 14.7. The number of hydrogen-bond donors (Lipinski definition) is 2. The third-order valence-corrected chi connectivity index (χ3v) is 8.50. The number of anilines is 3. The van der Waals surface area contributed by atoms with E-state index in [2.05, 4.69) is 29.7 Å². The van der Waals surface area contributed by atoms with Crippen LogP contribution in [-0.2, 0) is 4.74 Å². The van der Waals surface area contributed by atoms with E-state index in [0.717, 1.165) is 68.7 Å². The van der Waals surface area contributed by atoms with Crippen LogP contribution in [0.5, 0.6) is 5.75 Å². The van der Waals surface area contributed by atoms with Crippen molar-refractivity contribution in [2.45, 2.75) is 38.1 Å². The molecule has 2 fully saturated rings. The van der Waals surface area contributed by atoms with Crippen LogP contribution in [0.15, 0.2) is 47.3 Å². The fourth-order valence-corrected chi connectivity index (χ4v) is 6.31. The zero-order chi connectivity index (χ0) is 29.3. The molecule has 7 rings (SSSR count). The summed E-state index contributed by atoms with van der Waals surface area (Å²) in [7, 11) is 0. The van der Waals surface area contributed by atoms with Crippen molar-refractivity contribution in [3.63, 3.8) is 0 Å². The Kier molecular flexibility index (Phi) is 7.77. The van der Waals surface area contributed by atoms with E-state index in [0.29, 0.717) is 45.9 Å². The number of benzene rings is 2. The first kappa shape index (κ1) is 27.9. The smallest absolute Gasteiger partial charge is 0.300 e. The van der Waals surface area contributed by atoms with Gasteiger partial charge in [-0.15, -0.1) is 0 Å². The summed E-state index contributed by atoms with van der Waals surface area (Å²) in [4.78, 5) is 15.6. The van der Waals surface area contributed by atoms with Crippen molar-refractivity contribution in [1.29, 1.82) is 0 Å². The number of ether oxygens (including phenoxy) is 2. The Morgan fingerprint density at radius 1 is 1.12 bits per heavy atom. The quantitative estimate of drug-likeness (QED) is 0.180. The molecule has 3 N–H and O–H groups in total. The SMILES string of the molecule is Nc1ncnc2c1c(-c1ccc(Nc3nc4cc(Cl)cc(OCCCN5CCOCC5)c4o3)c(F)c1)cn2C1CCCC1. The van der Waals surface area contributed by atoms with E-state index in [9.17, 15) is 0 Å². The number of nitrogens with one attached hydrogen (secondary N) is 1. The Labute approximate surface area is 252 Å². The molecule has 0 spiro atoms. The molecule has 0 radical (unpaired) electrons. The molecule has 0 unspecified atom stereocenters. The molecule has 1 aliphatic heterocycles. The van der Waals surface area contributed by atoms with E-state index in [1.807, 2.05) is 12.3 Å². The van der Waals surface area contributed by atoms with Crippen LogP contribution in [0.3, 0.4) is 0 Å². The minimum absolute atomic E-state index is 0.137. The predicted molar refractivity (Wildman–Crippen MR) is 165 cm³/mol. The van der Waals surface area contributed by atoms with E-state index >= 15 is 4.39 Å². The van der Waals surface area contributed by atoms with Crippen molar-refractivity contribution in [3.05, 3.63) is 53.7 Å². The summed E-state index contributed by atoms with van der Waals surface area (Å²) in [5.41, 5.74) is 9.75. The lowest BCUT2D eigenvalue weighted by Gasteiger charge is -2.26. The largest absolute Gasteiger partial charge is 0.489 e. The van der Waals surface area contributed by atoms with Gasteiger partial charge in [0.15, 0.2) is 11.3 Å². The van der Waals surface area contributed by atoms with Crippen molar-refractivity contribution in [3.8, 4) is 16.9 Å². The van der Waals surface area contributed by atoms with Crippen LogP contribution >= 0.6 is 11.6 Å². The average Bonchev–Trinajstić information content (AvgIpc) is 3.76. The number of oxazole rings is 1. The molecule has 5 aromatic rings. The molecular formula is C31H33ClFN7O3. The van der Waals surface area contributed by atoms with Gasteiger partial charge in [-0.1, -0.05) is 30.5 Å². The van der Waals surface area contributed by atoms with Crippen molar-refractivity contribution in [1.82, 2.24) is 24.4 Å². The molecule has 0 atom stereocenters. The lowest BCUT2D eigenvalue weighted by molar-refractivity contribution is 0.0358. The van der Waals surface area contributed by atoms with Gasteiger partial charge in [0.2, 0.25) is 0 Å². The molecule has 4 heterocycles. The van der Waals surface area contributed by atoms with Gasteiger partial charge in [-0.2, -0.15) is 4.98 Å². The van der Waals surface area contributed by atoms with Crippen molar-refractivity contribution < 1.29 is 18.3 Å². The van der Waals surface area contributed by atoms with Crippen LogP contribution in [0.2, 0.25) is 5.02 Å². The van der Waals surface area contributed by atoms with E-state index in [1.54, 1.807) is 18.2 Å². The van der Waals surface area contributed by atoms with E-state index < -0.39 is 5.82 Å². The Hall–Kier alpha value is -3.93. The molecule has 3 aromatic heterocycles. The Bertz CT molecular complexity index is 1760. The number of rotatable bonds is 9. The second kappa shape index (κ2) is 12.0. The van der Waals surface area contributed by atoms with Gasteiger partial charge in [0.05, 0.1) is 30.9 Å².